The third-order valence-corrected chi connectivity index (χ3v) is 8.01. The molecule has 2 N–H and O–H groups in total. The lowest BCUT2D eigenvalue weighted by atomic mass is 9.94. The molecular weight excluding hydrogens is 426 g/mol. The van der Waals surface area contributed by atoms with Crippen molar-refractivity contribution >= 4 is 21.9 Å². The zero-order chi connectivity index (χ0) is 22.6. The van der Waals surface area contributed by atoms with E-state index < -0.39 is 10.0 Å². The van der Waals surface area contributed by atoms with Gasteiger partial charge in [-0.1, -0.05) is 31.4 Å². The van der Waals surface area contributed by atoms with Crippen molar-refractivity contribution in [1.82, 2.24) is 19.5 Å². The summed E-state index contributed by atoms with van der Waals surface area (Å²) in [5, 5.41) is 11.3. The smallest absolute Gasteiger partial charge is 0.266 e. The molecule has 9 heteroatoms. The van der Waals surface area contributed by atoms with Gasteiger partial charge in [-0.2, -0.15) is 0 Å². The Hall–Kier alpha value is -2.94. The number of aromatic nitrogens is 1. The number of amides is 1. The summed E-state index contributed by atoms with van der Waals surface area (Å²) >= 11 is 0. The third-order valence-electron chi connectivity index (χ3n) is 6.20. The molecule has 0 unspecified atom stereocenters. The summed E-state index contributed by atoms with van der Waals surface area (Å²) in [5.74, 6) is -0.0912. The number of guanidine groups is 1. The second-order valence-electron chi connectivity index (χ2n) is 8.28. The molecule has 2 aliphatic rings. The molecule has 8 nitrogen and oxygen atoms in total. The van der Waals surface area contributed by atoms with Crippen LogP contribution in [0.1, 0.15) is 48.0 Å². The van der Waals surface area contributed by atoms with Crippen molar-refractivity contribution in [2.45, 2.75) is 49.5 Å². The normalized spacial score (nSPS) is 17.6. The summed E-state index contributed by atoms with van der Waals surface area (Å²) < 4.78 is 27.5. The highest BCUT2D eigenvalue weighted by atomic mass is 32.2. The topological polar surface area (TPSA) is 106 Å². The van der Waals surface area contributed by atoms with Crippen LogP contribution in [0.2, 0.25) is 0 Å². The molecule has 1 aromatic carbocycles. The lowest BCUT2D eigenvalue weighted by molar-refractivity contribution is 0.0953. The molecule has 2 aromatic rings. The van der Waals surface area contributed by atoms with Crippen LogP contribution < -0.4 is 5.32 Å². The number of sulfonamides is 1. The third kappa shape index (κ3) is 4.77. The summed E-state index contributed by atoms with van der Waals surface area (Å²) in [6.45, 7) is 1.34. The Morgan fingerprint density at radius 2 is 1.84 bits per heavy atom. The Morgan fingerprint density at radius 3 is 2.53 bits per heavy atom. The maximum atomic E-state index is 13.1. The molecule has 1 saturated carbocycles. The zero-order valence-corrected chi connectivity index (χ0v) is 18.9. The van der Waals surface area contributed by atoms with Crippen LogP contribution >= 0.6 is 0 Å². The summed E-state index contributed by atoms with van der Waals surface area (Å²) in [5.41, 5.74) is 1.43. The molecule has 0 radical (unpaired) electrons. The van der Waals surface area contributed by atoms with Crippen molar-refractivity contribution < 1.29 is 13.2 Å². The van der Waals surface area contributed by atoms with Gasteiger partial charge in [0.15, 0.2) is 0 Å². The maximum Gasteiger partial charge on any atom is 0.266 e. The van der Waals surface area contributed by atoms with Gasteiger partial charge in [-0.3, -0.25) is 15.2 Å². The molecular formula is C23H29N5O3S. The molecule has 0 spiro atoms. The summed E-state index contributed by atoms with van der Waals surface area (Å²) in [4.78, 5) is 18.2. The predicted molar refractivity (Wildman–Crippen MR) is 122 cm³/mol. The Balaban J connectivity index is 1.34. The van der Waals surface area contributed by atoms with Crippen molar-refractivity contribution in [3.63, 3.8) is 0 Å². The van der Waals surface area contributed by atoms with E-state index in [4.69, 9.17) is 5.41 Å². The summed E-state index contributed by atoms with van der Waals surface area (Å²) in [7, 11) is -3.76. The van der Waals surface area contributed by atoms with Gasteiger partial charge in [0.1, 0.15) is 0 Å². The van der Waals surface area contributed by atoms with Crippen LogP contribution in [0.15, 0.2) is 53.7 Å². The van der Waals surface area contributed by atoms with Crippen LogP contribution in [0.5, 0.6) is 0 Å². The standard InChI is InChI=1S/C23H29N5O3S/c24-23-27(20-6-2-1-3-7-20)15-16-28(23)32(30,31)21-10-8-18(9-11-21)12-14-26-22(29)19-5-4-13-25-17-19/h4-5,8-11,13,17,20,24H,1-3,6-7,12,14-16H2,(H,26,29). The molecule has 1 aromatic heterocycles. The van der Waals surface area contributed by atoms with Crippen LogP contribution in [0.4, 0.5) is 0 Å². The van der Waals surface area contributed by atoms with E-state index in [9.17, 15) is 13.2 Å². The van der Waals surface area contributed by atoms with Gasteiger partial charge >= 0.3 is 0 Å². The number of nitrogens with zero attached hydrogens (tertiary/aromatic N) is 3. The predicted octanol–water partition coefficient (Wildman–Crippen LogP) is 2.63. The molecule has 2 fully saturated rings. The molecule has 170 valence electrons. The monoisotopic (exact) mass is 455 g/mol. The summed E-state index contributed by atoms with van der Waals surface area (Å²) in [6.07, 6.45) is 9.28. The first-order valence-corrected chi connectivity index (χ1v) is 12.6. The van der Waals surface area contributed by atoms with Gasteiger partial charge in [0.25, 0.3) is 15.9 Å². The summed E-state index contributed by atoms with van der Waals surface area (Å²) in [6, 6.07) is 10.4. The lowest BCUT2D eigenvalue weighted by Crippen LogP contribution is -2.42. The SMILES string of the molecule is N=C1N(C2CCCCC2)CCN1S(=O)(=O)c1ccc(CCNC(=O)c2cccnc2)cc1. The van der Waals surface area contributed by atoms with Crippen molar-refractivity contribution in [2.75, 3.05) is 19.6 Å². The molecule has 1 amide bonds. The number of benzene rings is 1. The van der Waals surface area contributed by atoms with Gasteiger partial charge in [0, 0.05) is 31.5 Å². The zero-order valence-electron chi connectivity index (χ0n) is 18.0. The van der Waals surface area contributed by atoms with E-state index in [1.807, 2.05) is 4.90 Å². The van der Waals surface area contributed by atoms with Crippen molar-refractivity contribution in [3.05, 3.63) is 59.9 Å². The minimum absolute atomic E-state index is 0.0964. The number of hydrogen-bond donors (Lipinski definition) is 2. The van der Waals surface area contributed by atoms with E-state index in [1.54, 1.807) is 42.6 Å². The molecule has 1 aliphatic carbocycles. The van der Waals surface area contributed by atoms with Gasteiger partial charge in [-0.05, 0) is 49.1 Å². The van der Waals surface area contributed by atoms with E-state index in [0.29, 0.717) is 31.6 Å². The van der Waals surface area contributed by atoms with E-state index in [1.165, 1.54) is 16.9 Å². The number of nitrogens with one attached hydrogen (secondary N) is 2. The highest BCUT2D eigenvalue weighted by Gasteiger charge is 2.38. The number of rotatable bonds is 7. The van der Waals surface area contributed by atoms with Crippen LogP contribution in [0.25, 0.3) is 0 Å². The van der Waals surface area contributed by atoms with Crippen molar-refractivity contribution in [2.24, 2.45) is 0 Å². The first kappa shape index (κ1) is 22.3. The van der Waals surface area contributed by atoms with E-state index in [-0.39, 0.29) is 22.8 Å². The number of carbonyl (C=O) groups is 1. The molecule has 0 bridgehead atoms. The van der Waals surface area contributed by atoms with Crippen LogP contribution in [-0.2, 0) is 16.4 Å². The van der Waals surface area contributed by atoms with Gasteiger partial charge in [-0.15, -0.1) is 0 Å². The Labute approximate surface area is 189 Å². The average Bonchev–Trinajstić information content (AvgIpc) is 3.22. The van der Waals surface area contributed by atoms with Crippen molar-refractivity contribution in [1.29, 1.82) is 5.41 Å². The fourth-order valence-electron chi connectivity index (χ4n) is 4.41. The second-order valence-corrected chi connectivity index (χ2v) is 10.1. The van der Waals surface area contributed by atoms with E-state index in [2.05, 4.69) is 10.3 Å². The number of pyridine rings is 1. The molecule has 1 saturated heterocycles. The van der Waals surface area contributed by atoms with E-state index in [0.717, 1.165) is 31.2 Å². The Morgan fingerprint density at radius 1 is 1.09 bits per heavy atom. The van der Waals surface area contributed by atoms with Gasteiger partial charge in [-0.25, -0.2) is 12.7 Å². The van der Waals surface area contributed by atoms with Crippen molar-refractivity contribution in [3.8, 4) is 0 Å². The van der Waals surface area contributed by atoms with Crippen LogP contribution in [0.3, 0.4) is 0 Å². The largest absolute Gasteiger partial charge is 0.352 e. The average molecular weight is 456 g/mol. The minimum atomic E-state index is -3.76. The number of carbonyl (C=O) groups excluding carboxylic acids is 1. The second kappa shape index (κ2) is 9.68. The molecule has 4 rings (SSSR count). The highest BCUT2D eigenvalue weighted by molar-refractivity contribution is 7.89. The lowest BCUT2D eigenvalue weighted by Gasteiger charge is -2.32. The Kier molecular flexibility index (Phi) is 6.74. The van der Waals surface area contributed by atoms with E-state index >= 15 is 0 Å². The van der Waals surface area contributed by atoms with Crippen LogP contribution in [0, 0.1) is 5.41 Å². The van der Waals surface area contributed by atoms with Gasteiger partial charge in [0.05, 0.1) is 17.0 Å². The first-order chi connectivity index (χ1) is 15.5. The quantitative estimate of drug-likeness (QED) is 0.668. The molecule has 1 aliphatic heterocycles. The van der Waals surface area contributed by atoms with Gasteiger partial charge < -0.3 is 10.2 Å². The molecule has 32 heavy (non-hydrogen) atoms. The first-order valence-electron chi connectivity index (χ1n) is 11.1. The Bertz CT molecular complexity index is 1050. The van der Waals surface area contributed by atoms with Gasteiger partial charge in [0.2, 0.25) is 5.96 Å². The fraction of sp³-hybridized carbons (Fsp3) is 0.435. The molecule has 2 heterocycles. The highest BCUT2D eigenvalue weighted by Crippen LogP contribution is 2.28. The fourth-order valence-corrected chi connectivity index (χ4v) is 5.80. The number of hydrogen-bond acceptors (Lipinski definition) is 5. The maximum absolute atomic E-state index is 13.1. The van der Waals surface area contributed by atoms with Crippen LogP contribution in [-0.4, -0.2) is 60.1 Å². The molecule has 0 atom stereocenters. The minimum Gasteiger partial charge on any atom is -0.352 e.